The number of rotatable bonds is 7. The van der Waals surface area contributed by atoms with Crippen LogP contribution in [0.3, 0.4) is 0 Å². The van der Waals surface area contributed by atoms with Crippen LogP contribution in [0.15, 0.2) is 48.5 Å². The predicted molar refractivity (Wildman–Crippen MR) is 111 cm³/mol. The maximum atomic E-state index is 10.8. The standard InChI is InChI=1S/C23H28O9/c24-11-18-20(26)21(27)22(28)23(32-18)31-16-3-1-2-14(10-16)19(25)13-4-6-15(7-5-13)30-17-8-9-29-12-17/h1-7,10,17-28H,8-9,11-12H2/t17?,18-,19?,20-,21+,22-,23?/m1/s1. The second kappa shape index (κ2) is 10.1. The van der Waals surface area contributed by atoms with E-state index in [1.165, 1.54) is 0 Å². The largest absolute Gasteiger partial charge is 0.488 e. The fourth-order valence-corrected chi connectivity index (χ4v) is 3.78. The number of ether oxygens (including phenoxy) is 4. The molecule has 174 valence electrons. The number of aliphatic hydroxyl groups is 5. The number of hydrogen-bond acceptors (Lipinski definition) is 9. The molecule has 2 saturated heterocycles. The summed E-state index contributed by atoms with van der Waals surface area (Å²) >= 11 is 0. The predicted octanol–water partition coefficient (Wildman–Crippen LogP) is 0.115. The lowest BCUT2D eigenvalue weighted by molar-refractivity contribution is -0.277. The van der Waals surface area contributed by atoms with Crippen LogP contribution in [0, 0.1) is 0 Å². The van der Waals surface area contributed by atoms with Gasteiger partial charge in [0.15, 0.2) is 0 Å². The number of aliphatic hydroxyl groups excluding tert-OH is 5. The Balaban J connectivity index is 1.43. The van der Waals surface area contributed by atoms with Crippen molar-refractivity contribution < 1.29 is 44.5 Å². The van der Waals surface area contributed by atoms with E-state index < -0.39 is 43.4 Å². The topological polar surface area (TPSA) is 138 Å². The van der Waals surface area contributed by atoms with Gasteiger partial charge in [-0.05, 0) is 35.4 Å². The zero-order valence-electron chi connectivity index (χ0n) is 17.4. The second-order valence-corrected chi connectivity index (χ2v) is 7.96. The van der Waals surface area contributed by atoms with Crippen molar-refractivity contribution in [2.75, 3.05) is 19.8 Å². The monoisotopic (exact) mass is 448 g/mol. The van der Waals surface area contributed by atoms with Gasteiger partial charge in [-0.3, -0.25) is 0 Å². The Morgan fingerprint density at radius 2 is 1.69 bits per heavy atom. The van der Waals surface area contributed by atoms with E-state index in [2.05, 4.69) is 0 Å². The molecule has 7 atom stereocenters. The van der Waals surface area contributed by atoms with E-state index in [-0.39, 0.29) is 11.9 Å². The van der Waals surface area contributed by atoms with Gasteiger partial charge in [0, 0.05) is 6.42 Å². The fraction of sp³-hybridized carbons (Fsp3) is 0.478. The maximum Gasteiger partial charge on any atom is 0.229 e. The van der Waals surface area contributed by atoms with Crippen molar-refractivity contribution in [2.45, 2.75) is 49.3 Å². The summed E-state index contributed by atoms with van der Waals surface area (Å²) in [5.74, 6) is 0.989. The number of benzene rings is 2. The molecule has 2 aliphatic rings. The average molecular weight is 448 g/mol. The van der Waals surface area contributed by atoms with Crippen LogP contribution < -0.4 is 9.47 Å². The molecule has 32 heavy (non-hydrogen) atoms. The molecular weight excluding hydrogens is 420 g/mol. The molecule has 0 aliphatic carbocycles. The smallest absolute Gasteiger partial charge is 0.229 e. The van der Waals surface area contributed by atoms with Gasteiger partial charge in [-0.1, -0.05) is 24.3 Å². The van der Waals surface area contributed by atoms with E-state index in [1.807, 2.05) is 0 Å². The normalized spacial score (nSPS) is 31.3. The molecule has 2 fully saturated rings. The third-order valence-electron chi connectivity index (χ3n) is 5.66. The molecule has 2 heterocycles. The summed E-state index contributed by atoms with van der Waals surface area (Å²) in [4.78, 5) is 0. The average Bonchev–Trinajstić information content (AvgIpc) is 3.33. The lowest BCUT2D eigenvalue weighted by atomic mass is 9.99. The Kier molecular flexibility index (Phi) is 7.27. The molecule has 0 spiro atoms. The molecular formula is C23H28O9. The fourth-order valence-electron chi connectivity index (χ4n) is 3.78. The van der Waals surface area contributed by atoms with Gasteiger partial charge in [-0.2, -0.15) is 0 Å². The van der Waals surface area contributed by atoms with Crippen molar-refractivity contribution in [2.24, 2.45) is 0 Å². The Bertz CT molecular complexity index is 866. The minimum atomic E-state index is -1.53. The molecule has 3 unspecified atom stereocenters. The first-order valence-electron chi connectivity index (χ1n) is 10.6. The molecule has 0 bridgehead atoms. The highest BCUT2D eigenvalue weighted by atomic mass is 16.7. The van der Waals surface area contributed by atoms with Crippen LogP contribution in [0.25, 0.3) is 0 Å². The summed E-state index contributed by atoms with van der Waals surface area (Å²) < 4.78 is 22.2. The van der Waals surface area contributed by atoms with Gasteiger partial charge in [-0.15, -0.1) is 0 Å². The Morgan fingerprint density at radius 3 is 2.38 bits per heavy atom. The van der Waals surface area contributed by atoms with Crippen molar-refractivity contribution in [3.8, 4) is 11.5 Å². The van der Waals surface area contributed by atoms with Gasteiger partial charge < -0.3 is 44.5 Å². The Morgan fingerprint density at radius 1 is 0.906 bits per heavy atom. The highest BCUT2D eigenvalue weighted by Gasteiger charge is 2.44. The van der Waals surface area contributed by atoms with E-state index in [0.717, 1.165) is 6.42 Å². The van der Waals surface area contributed by atoms with Crippen LogP contribution in [0.1, 0.15) is 23.7 Å². The second-order valence-electron chi connectivity index (χ2n) is 7.96. The van der Waals surface area contributed by atoms with Crippen LogP contribution in [0.4, 0.5) is 0 Å². The molecule has 9 heteroatoms. The SMILES string of the molecule is OC[C@H]1OC(Oc2cccc(C(O)c3ccc(OC4CCOC4)cc3)c2)[C@H](O)[C@@H](O)[C@@H]1O. The Labute approximate surface area is 185 Å². The molecule has 4 rings (SSSR count). The molecule has 0 amide bonds. The zero-order valence-corrected chi connectivity index (χ0v) is 17.4. The van der Waals surface area contributed by atoms with Gasteiger partial charge in [-0.25, -0.2) is 0 Å². The van der Waals surface area contributed by atoms with E-state index in [4.69, 9.17) is 18.9 Å². The van der Waals surface area contributed by atoms with Crippen LogP contribution in [-0.2, 0) is 9.47 Å². The van der Waals surface area contributed by atoms with Gasteiger partial charge in [0.1, 0.15) is 48.1 Å². The molecule has 0 radical (unpaired) electrons. The molecule has 2 aliphatic heterocycles. The molecule has 2 aromatic rings. The lowest BCUT2D eigenvalue weighted by Crippen LogP contribution is -2.60. The molecule has 0 aromatic heterocycles. The van der Waals surface area contributed by atoms with Crippen molar-refractivity contribution in [1.82, 2.24) is 0 Å². The third-order valence-corrected chi connectivity index (χ3v) is 5.66. The van der Waals surface area contributed by atoms with E-state index in [1.54, 1.807) is 48.5 Å². The summed E-state index contributed by atoms with van der Waals surface area (Å²) in [6.45, 7) is 0.728. The van der Waals surface area contributed by atoms with Crippen LogP contribution in [0.2, 0.25) is 0 Å². The molecule has 5 N–H and O–H groups in total. The van der Waals surface area contributed by atoms with Crippen LogP contribution in [-0.4, -0.2) is 82.2 Å². The quantitative estimate of drug-likeness (QED) is 0.400. The summed E-state index contributed by atoms with van der Waals surface area (Å²) in [6, 6.07) is 13.8. The lowest BCUT2D eigenvalue weighted by Gasteiger charge is -2.39. The molecule has 0 saturated carbocycles. The van der Waals surface area contributed by atoms with Crippen molar-refractivity contribution in [1.29, 1.82) is 0 Å². The first-order valence-corrected chi connectivity index (χ1v) is 10.6. The van der Waals surface area contributed by atoms with Gasteiger partial charge in [0.05, 0.1) is 19.8 Å². The van der Waals surface area contributed by atoms with E-state index in [0.29, 0.717) is 30.1 Å². The van der Waals surface area contributed by atoms with Crippen molar-refractivity contribution >= 4 is 0 Å². The zero-order chi connectivity index (χ0) is 22.7. The van der Waals surface area contributed by atoms with E-state index >= 15 is 0 Å². The van der Waals surface area contributed by atoms with Gasteiger partial charge in [0.25, 0.3) is 0 Å². The highest BCUT2D eigenvalue weighted by molar-refractivity contribution is 5.37. The van der Waals surface area contributed by atoms with Crippen LogP contribution >= 0.6 is 0 Å². The van der Waals surface area contributed by atoms with Gasteiger partial charge >= 0.3 is 0 Å². The first-order chi connectivity index (χ1) is 15.5. The minimum absolute atomic E-state index is 0.0435. The maximum absolute atomic E-state index is 10.8. The molecule has 9 nitrogen and oxygen atoms in total. The first kappa shape index (κ1) is 22.9. The molecule has 2 aromatic carbocycles. The summed E-state index contributed by atoms with van der Waals surface area (Å²) in [5.41, 5.74) is 1.20. The third kappa shape index (κ3) is 5.05. The minimum Gasteiger partial charge on any atom is -0.488 e. The van der Waals surface area contributed by atoms with Gasteiger partial charge in [0.2, 0.25) is 6.29 Å². The summed E-state index contributed by atoms with van der Waals surface area (Å²) in [6.07, 6.45) is -6.91. The van der Waals surface area contributed by atoms with Crippen molar-refractivity contribution in [3.05, 3.63) is 59.7 Å². The summed E-state index contributed by atoms with van der Waals surface area (Å²) in [7, 11) is 0. The summed E-state index contributed by atoms with van der Waals surface area (Å²) in [5, 5.41) is 50.1. The van der Waals surface area contributed by atoms with E-state index in [9.17, 15) is 25.5 Å². The Hall–Kier alpha value is -2.24. The highest BCUT2D eigenvalue weighted by Crippen LogP contribution is 2.29. The van der Waals surface area contributed by atoms with Crippen molar-refractivity contribution in [3.63, 3.8) is 0 Å². The number of hydrogen-bond donors (Lipinski definition) is 5. The van der Waals surface area contributed by atoms with Crippen LogP contribution in [0.5, 0.6) is 11.5 Å².